The largest absolute Gasteiger partial charge is 0.323 e. The van der Waals surface area contributed by atoms with Crippen molar-refractivity contribution in [2.75, 3.05) is 0 Å². The summed E-state index contributed by atoms with van der Waals surface area (Å²) in [5.41, 5.74) is 8.29. The van der Waals surface area contributed by atoms with Crippen LogP contribution in [-0.4, -0.2) is 18.9 Å². The molecule has 1 aromatic carbocycles. The third-order valence-electron chi connectivity index (χ3n) is 4.25. The van der Waals surface area contributed by atoms with Crippen molar-refractivity contribution in [3.05, 3.63) is 35.4 Å². The van der Waals surface area contributed by atoms with Crippen LogP contribution in [-0.2, 0) is 16.3 Å². The van der Waals surface area contributed by atoms with Gasteiger partial charge in [0, 0.05) is 6.04 Å². The SMILES string of the molecule is CCc1ccc(C(N)C(C)S(=O)(=O)C(C)C(C)C)cc1. The lowest BCUT2D eigenvalue weighted by Crippen LogP contribution is -2.38. The lowest BCUT2D eigenvalue weighted by molar-refractivity contribution is 0.522. The molecule has 3 nitrogen and oxygen atoms in total. The van der Waals surface area contributed by atoms with Gasteiger partial charge in [0.15, 0.2) is 9.84 Å². The number of hydrogen-bond acceptors (Lipinski definition) is 3. The molecule has 0 fully saturated rings. The Bertz CT molecular complexity index is 520. The van der Waals surface area contributed by atoms with Gasteiger partial charge in [-0.05, 0) is 37.3 Å². The Labute approximate surface area is 123 Å². The fourth-order valence-corrected chi connectivity index (χ4v) is 4.17. The van der Waals surface area contributed by atoms with Gasteiger partial charge < -0.3 is 5.73 Å². The van der Waals surface area contributed by atoms with E-state index in [0.29, 0.717) is 0 Å². The van der Waals surface area contributed by atoms with Crippen LogP contribution in [0.2, 0.25) is 0 Å². The maximum absolute atomic E-state index is 12.5. The van der Waals surface area contributed by atoms with Gasteiger partial charge in [0.25, 0.3) is 0 Å². The normalized spacial score (nSPS) is 16.9. The Morgan fingerprint density at radius 1 is 1.00 bits per heavy atom. The van der Waals surface area contributed by atoms with Gasteiger partial charge in [0.05, 0.1) is 10.5 Å². The zero-order chi connectivity index (χ0) is 15.5. The van der Waals surface area contributed by atoms with Crippen LogP contribution in [0.25, 0.3) is 0 Å². The second kappa shape index (κ2) is 6.72. The van der Waals surface area contributed by atoms with Gasteiger partial charge >= 0.3 is 0 Å². The highest BCUT2D eigenvalue weighted by atomic mass is 32.2. The van der Waals surface area contributed by atoms with E-state index < -0.39 is 21.1 Å². The number of hydrogen-bond donors (Lipinski definition) is 1. The third-order valence-corrected chi connectivity index (χ3v) is 7.16. The summed E-state index contributed by atoms with van der Waals surface area (Å²) >= 11 is 0. The first-order valence-corrected chi connectivity index (χ1v) is 8.89. The van der Waals surface area contributed by atoms with E-state index in [9.17, 15) is 8.42 Å². The van der Waals surface area contributed by atoms with Crippen LogP contribution in [0.5, 0.6) is 0 Å². The molecule has 4 heteroatoms. The van der Waals surface area contributed by atoms with Gasteiger partial charge in [-0.25, -0.2) is 8.42 Å². The molecule has 0 bridgehead atoms. The average Bonchev–Trinajstić information content (AvgIpc) is 2.44. The first-order valence-electron chi connectivity index (χ1n) is 7.28. The molecule has 114 valence electrons. The molecule has 0 aliphatic carbocycles. The smallest absolute Gasteiger partial charge is 0.157 e. The molecule has 1 rings (SSSR count). The molecule has 3 atom stereocenters. The molecular weight excluding hydrogens is 270 g/mol. The minimum absolute atomic E-state index is 0.0946. The van der Waals surface area contributed by atoms with Crippen LogP contribution in [0.4, 0.5) is 0 Å². The maximum atomic E-state index is 12.5. The number of aryl methyl sites for hydroxylation is 1. The van der Waals surface area contributed by atoms with Gasteiger partial charge in [-0.2, -0.15) is 0 Å². The lowest BCUT2D eigenvalue weighted by atomic mass is 10.0. The second-order valence-corrected chi connectivity index (χ2v) is 8.53. The molecule has 0 amide bonds. The number of nitrogens with two attached hydrogens (primary N) is 1. The molecule has 0 radical (unpaired) electrons. The Kier molecular flexibility index (Phi) is 5.78. The first-order chi connectivity index (χ1) is 9.21. The fraction of sp³-hybridized carbons (Fsp3) is 0.625. The minimum atomic E-state index is -3.23. The van der Waals surface area contributed by atoms with E-state index in [-0.39, 0.29) is 11.2 Å². The van der Waals surface area contributed by atoms with Crippen LogP contribution < -0.4 is 5.73 Å². The van der Waals surface area contributed by atoms with E-state index >= 15 is 0 Å². The zero-order valence-electron chi connectivity index (χ0n) is 13.1. The van der Waals surface area contributed by atoms with Crippen LogP contribution in [0.1, 0.15) is 51.8 Å². The van der Waals surface area contributed by atoms with Crippen LogP contribution in [0, 0.1) is 5.92 Å². The molecule has 20 heavy (non-hydrogen) atoms. The Morgan fingerprint density at radius 3 is 1.90 bits per heavy atom. The van der Waals surface area contributed by atoms with Gasteiger partial charge in [-0.15, -0.1) is 0 Å². The van der Waals surface area contributed by atoms with E-state index in [1.165, 1.54) is 5.56 Å². The van der Waals surface area contributed by atoms with Crippen molar-refractivity contribution in [2.45, 2.75) is 57.6 Å². The van der Waals surface area contributed by atoms with E-state index in [1.54, 1.807) is 13.8 Å². The van der Waals surface area contributed by atoms with Gasteiger partial charge in [0.2, 0.25) is 0 Å². The highest BCUT2D eigenvalue weighted by molar-refractivity contribution is 7.92. The predicted octanol–water partition coefficient (Wildman–Crippen LogP) is 3.10. The highest BCUT2D eigenvalue weighted by Crippen LogP contribution is 2.25. The summed E-state index contributed by atoms with van der Waals surface area (Å²) in [6.45, 7) is 9.43. The standard InChI is InChI=1S/C16H27NO2S/c1-6-14-7-9-15(10-8-14)16(17)13(5)20(18,19)12(4)11(2)3/h7-13,16H,6,17H2,1-5H3. The highest BCUT2D eigenvalue weighted by Gasteiger charge is 2.34. The number of rotatable bonds is 6. The molecule has 0 aromatic heterocycles. The minimum Gasteiger partial charge on any atom is -0.323 e. The van der Waals surface area contributed by atoms with E-state index in [4.69, 9.17) is 5.73 Å². The molecule has 0 heterocycles. The van der Waals surface area contributed by atoms with Gasteiger partial charge in [-0.3, -0.25) is 0 Å². The summed E-state index contributed by atoms with van der Waals surface area (Å²) in [4.78, 5) is 0. The second-order valence-electron chi connectivity index (χ2n) is 5.86. The third kappa shape index (κ3) is 3.61. The maximum Gasteiger partial charge on any atom is 0.157 e. The van der Waals surface area contributed by atoms with Crippen molar-refractivity contribution < 1.29 is 8.42 Å². The molecule has 0 saturated carbocycles. The molecule has 3 unspecified atom stereocenters. The van der Waals surface area contributed by atoms with Crippen LogP contribution in [0.15, 0.2) is 24.3 Å². The summed E-state index contributed by atoms with van der Waals surface area (Å²) in [5.74, 6) is 0.0946. The van der Waals surface area contributed by atoms with Gasteiger partial charge in [0.1, 0.15) is 0 Å². The van der Waals surface area contributed by atoms with Crippen molar-refractivity contribution in [1.82, 2.24) is 0 Å². The van der Waals surface area contributed by atoms with Crippen LogP contribution >= 0.6 is 0 Å². The summed E-state index contributed by atoms with van der Waals surface area (Å²) in [6.07, 6.45) is 0.966. The molecule has 0 aliphatic rings. The molecule has 0 aliphatic heterocycles. The van der Waals surface area contributed by atoms with E-state index in [1.807, 2.05) is 38.1 Å². The van der Waals surface area contributed by atoms with Crippen molar-refractivity contribution >= 4 is 9.84 Å². The van der Waals surface area contributed by atoms with Gasteiger partial charge in [-0.1, -0.05) is 45.0 Å². The molecule has 0 saturated heterocycles. The zero-order valence-corrected chi connectivity index (χ0v) is 13.9. The first kappa shape index (κ1) is 17.2. The quantitative estimate of drug-likeness (QED) is 0.877. The average molecular weight is 297 g/mol. The monoisotopic (exact) mass is 297 g/mol. The van der Waals surface area contributed by atoms with Crippen molar-refractivity contribution in [2.24, 2.45) is 11.7 Å². The molecule has 0 spiro atoms. The van der Waals surface area contributed by atoms with Crippen molar-refractivity contribution in [1.29, 1.82) is 0 Å². The number of benzene rings is 1. The predicted molar refractivity (Wildman–Crippen MR) is 85.4 cm³/mol. The molecule has 2 N–H and O–H groups in total. The van der Waals surface area contributed by atoms with E-state index in [2.05, 4.69) is 6.92 Å². The topological polar surface area (TPSA) is 60.2 Å². The Balaban J connectivity index is 2.98. The van der Waals surface area contributed by atoms with Crippen molar-refractivity contribution in [3.63, 3.8) is 0 Å². The summed E-state index contributed by atoms with van der Waals surface area (Å²) in [6, 6.07) is 7.43. The van der Waals surface area contributed by atoms with E-state index in [0.717, 1.165) is 12.0 Å². The lowest BCUT2D eigenvalue weighted by Gasteiger charge is -2.26. The fourth-order valence-electron chi connectivity index (χ4n) is 2.17. The van der Waals surface area contributed by atoms with Crippen LogP contribution in [0.3, 0.4) is 0 Å². The summed E-state index contributed by atoms with van der Waals surface area (Å²) < 4.78 is 25.1. The Hall–Kier alpha value is -0.870. The Morgan fingerprint density at radius 2 is 1.50 bits per heavy atom. The number of sulfone groups is 1. The molecular formula is C16H27NO2S. The summed E-state index contributed by atoms with van der Waals surface area (Å²) in [5, 5.41) is -0.953. The van der Waals surface area contributed by atoms with Crippen molar-refractivity contribution in [3.8, 4) is 0 Å². The summed E-state index contributed by atoms with van der Waals surface area (Å²) in [7, 11) is -3.23. The molecule has 1 aromatic rings.